The van der Waals surface area contributed by atoms with Gasteiger partial charge in [0.15, 0.2) is 0 Å². The fraction of sp³-hybridized carbons (Fsp3) is 0.706. The Morgan fingerprint density at radius 2 is 2.32 bits per heavy atom. The van der Waals surface area contributed by atoms with Crippen LogP contribution in [0.3, 0.4) is 0 Å². The first-order valence-corrected chi connectivity index (χ1v) is 8.97. The molecule has 0 spiro atoms. The molecule has 0 aliphatic carbocycles. The summed E-state index contributed by atoms with van der Waals surface area (Å²) in [7, 11) is 0. The number of piperidine rings is 1. The number of likely N-dealkylation sites (tertiary alicyclic amines) is 1. The van der Waals surface area contributed by atoms with E-state index < -0.39 is 5.60 Å². The summed E-state index contributed by atoms with van der Waals surface area (Å²) in [6.07, 6.45) is 2.05. The van der Waals surface area contributed by atoms with Crippen LogP contribution in [0.1, 0.15) is 51.5 Å². The molecule has 2 rings (SSSR count). The largest absolute Gasteiger partial charge is 0.444 e. The van der Waals surface area contributed by atoms with Gasteiger partial charge in [-0.2, -0.15) is 0 Å². The van der Waals surface area contributed by atoms with Crippen molar-refractivity contribution in [3.05, 3.63) is 22.4 Å². The van der Waals surface area contributed by atoms with Crippen molar-refractivity contribution in [1.29, 1.82) is 0 Å². The van der Waals surface area contributed by atoms with Crippen LogP contribution in [0.4, 0.5) is 4.79 Å². The Bertz CT molecular complexity index is 468. The standard InChI is InChI=1S/C17H28N2O2S/c1-13(15-8-6-10-22-15)19-9-5-7-14(12-19)11-18-16(20)21-17(2,3)4/h6,8,10,13-14H,5,7,9,11-12H2,1-4H3,(H,18,20)/t13-,14-/m1/s1. The number of ether oxygens (including phenoxy) is 1. The first kappa shape index (κ1) is 17.3. The van der Waals surface area contributed by atoms with Crippen molar-refractivity contribution in [3.63, 3.8) is 0 Å². The van der Waals surface area contributed by atoms with Crippen LogP contribution in [-0.4, -0.2) is 36.2 Å². The minimum atomic E-state index is -0.434. The molecule has 0 aromatic carbocycles. The Morgan fingerprint density at radius 1 is 1.55 bits per heavy atom. The molecule has 1 aliphatic heterocycles. The Labute approximate surface area is 137 Å². The van der Waals surface area contributed by atoms with Gasteiger partial charge in [0.05, 0.1) is 0 Å². The number of alkyl carbamates (subject to hydrolysis) is 1. The predicted octanol–water partition coefficient (Wildman–Crippen LogP) is 4.05. The van der Waals surface area contributed by atoms with E-state index in [1.807, 2.05) is 32.1 Å². The van der Waals surface area contributed by atoms with Crippen LogP contribution in [0.5, 0.6) is 0 Å². The molecule has 1 N–H and O–H groups in total. The summed E-state index contributed by atoms with van der Waals surface area (Å²) in [6, 6.07) is 4.78. The van der Waals surface area contributed by atoms with Gasteiger partial charge in [0.2, 0.25) is 0 Å². The van der Waals surface area contributed by atoms with Gasteiger partial charge < -0.3 is 10.1 Å². The van der Waals surface area contributed by atoms with E-state index in [0.29, 0.717) is 18.5 Å². The highest BCUT2D eigenvalue weighted by Crippen LogP contribution is 2.28. The van der Waals surface area contributed by atoms with Crippen LogP contribution < -0.4 is 5.32 Å². The Morgan fingerprint density at radius 3 is 2.95 bits per heavy atom. The number of carbonyl (C=O) groups is 1. The van der Waals surface area contributed by atoms with E-state index in [-0.39, 0.29) is 6.09 Å². The van der Waals surface area contributed by atoms with E-state index in [1.54, 1.807) is 0 Å². The molecule has 2 atom stereocenters. The molecule has 0 saturated carbocycles. The van der Waals surface area contributed by atoms with Gasteiger partial charge in [-0.1, -0.05) is 6.07 Å². The lowest BCUT2D eigenvalue weighted by atomic mass is 9.96. The highest BCUT2D eigenvalue weighted by atomic mass is 32.1. The van der Waals surface area contributed by atoms with E-state index in [4.69, 9.17) is 4.74 Å². The summed E-state index contributed by atoms with van der Waals surface area (Å²) in [4.78, 5) is 15.7. The van der Waals surface area contributed by atoms with Gasteiger partial charge in [-0.05, 0) is 64.4 Å². The topological polar surface area (TPSA) is 41.6 Å². The fourth-order valence-electron chi connectivity index (χ4n) is 2.87. The van der Waals surface area contributed by atoms with Crippen LogP contribution >= 0.6 is 11.3 Å². The molecular weight excluding hydrogens is 296 g/mol. The number of amides is 1. The number of hydrogen-bond donors (Lipinski definition) is 1. The lowest BCUT2D eigenvalue weighted by Crippen LogP contribution is -2.42. The second-order valence-corrected chi connectivity index (χ2v) is 8.06. The van der Waals surface area contributed by atoms with Gasteiger partial charge in [0, 0.05) is 24.0 Å². The molecule has 5 heteroatoms. The molecule has 1 fully saturated rings. The summed E-state index contributed by atoms with van der Waals surface area (Å²) in [5.74, 6) is 0.503. The summed E-state index contributed by atoms with van der Waals surface area (Å²) in [6.45, 7) is 10.8. The fourth-order valence-corrected chi connectivity index (χ4v) is 3.68. The van der Waals surface area contributed by atoms with Gasteiger partial charge in [-0.3, -0.25) is 4.90 Å². The van der Waals surface area contributed by atoms with Gasteiger partial charge in [-0.25, -0.2) is 4.79 Å². The second kappa shape index (κ2) is 7.47. The molecule has 1 aliphatic rings. The molecule has 0 radical (unpaired) electrons. The number of nitrogens with zero attached hydrogens (tertiary/aromatic N) is 1. The van der Waals surface area contributed by atoms with Crippen molar-refractivity contribution >= 4 is 17.4 Å². The van der Waals surface area contributed by atoms with E-state index in [9.17, 15) is 4.79 Å². The van der Waals surface area contributed by atoms with E-state index in [0.717, 1.165) is 13.1 Å². The zero-order valence-corrected chi connectivity index (χ0v) is 14.9. The summed E-state index contributed by atoms with van der Waals surface area (Å²) >= 11 is 1.82. The monoisotopic (exact) mass is 324 g/mol. The van der Waals surface area contributed by atoms with E-state index in [1.165, 1.54) is 17.7 Å². The second-order valence-electron chi connectivity index (χ2n) is 7.08. The van der Waals surface area contributed by atoms with Crippen molar-refractivity contribution in [2.45, 2.75) is 52.2 Å². The Kier molecular flexibility index (Phi) is 5.87. The lowest BCUT2D eigenvalue weighted by molar-refractivity contribution is 0.0501. The van der Waals surface area contributed by atoms with Crippen LogP contribution in [-0.2, 0) is 4.74 Å². The zero-order valence-electron chi connectivity index (χ0n) is 14.1. The van der Waals surface area contributed by atoms with Crippen molar-refractivity contribution in [1.82, 2.24) is 10.2 Å². The maximum atomic E-state index is 11.8. The molecule has 1 aromatic rings. The van der Waals surface area contributed by atoms with E-state index >= 15 is 0 Å². The lowest BCUT2D eigenvalue weighted by Gasteiger charge is -2.36. The maximum Gasteiger partial charge on any atom is 0.407 e. The van der Waals surface area contributed by atoms with E-state index in [2.05, 4.69) is 34.7 Å². The van der Waals surface area contributed by atoms with Gasteiger partial charge >= 0.3 is 6.09 Å². The number of nitrogens with one attached hydrogen (secondary N) is 1. The summed E-state index contributed by atoms with van der Waals surface area (Å²) in [5.41, 5.74) is -0.434. The molecule has 1 aromatic heterocycles. The van der Waals surface area contributed by atoms with Gasteiger partial charge in [0.1, 0.15) is 5.60 Å². The molecule has 22 heavy (non-hydrogen) atoms. The molecular formula is C17H28N2O2S. The Balaban J connectivity index is 1.80. The predicted molar refractivity (Wildman–Crippen MR) is 91.3 cm³/mol. The van der Waals surface area contributed by atoms with Crippen LogP contribution in [0, 0.1) is 5.92 Å². The number of rotatable bonds is 4. The van der Waals surface area contributed by atoms with Gasteiger partial charge in [0.25, 0.3) is 0 Å². The average Bonchev–Trinajstić information content (AvgIpc) is 2.97. The number of carbonyl (C=O) groups excluding carboxylic acids is 1. The first-order valence-electron chi connectivity index (χ1n) is 8.09. The maximum absolute atomic E-state index is 11.8. The highest BCUT2D eigenvalue weighted by Gasteiger charge is 2.25. The van der Waals surface area contributed by atoms with Crippen molar-refractivity contribution < 1.29 is 9.53 Å². The third-order valence-electron chi connectivity index (χ3n) is 3.99. The minimum Gasteiger partial charge on any atom is -0.444 e. The molecule has 2 heterocycles. The minimum absolute atomic E-state index is 0.309. The smallest absolute Gasteiger partial charge is 0.407 e. The normalized spacial score (nSPS) is 21.4. The van der Waals surface area contributed by atoms with Gasteiger partial charge in [-0.15, -0.1) is 11.3 Å². The summed E-state index contributed by atoms with van der Waals surface area (Å²) < 4.78 is 5.30. The van der Waals surface area contributed by atoms with Crippen LogP contribution in [0.2, 0.25) is 0 Å². The average molecular weight is 324 g/mol. The quantitative estimate of drug-likeness (QED) is 0.908. The van der Waals surface area contributed by atoms with Crippen molar-refractivity contribution in [3.8, 4) is 0 Å². The molecule has 4 nitrogen and oxygen atoms in total. The number of thiophene rings is 1. The molecule has 0 unspecified atom stereocenters. The molecule has 1 amide bonds. The SMILES string of the molecule is C[C@H](c1cccs1)N1CCC[C@H](CNC(=O)OC(C)(C)C)C1. The third-order valence-corrected chi connectivity index (χ3v) is 5.03. The molecule has 1 saturated heterocycles. The third kappa shape index (κ3) is 5.29. The van der Waals surface area contributed by atoms with Crippen molar-refractivity contribution in [2.75, 3.05) is 19.6 Å². The molecule has 124 valence electrons. The Hall–Kier alpha value is -1.07. The first-order chi connectivity index (χ1) is 10.3. The van der Waals surface area contributed by atoms with Crippen molar-refractivity contribution in [2.24, 2.45) is 5.92 Å². The highest BCUT2D eigenvalue weighted by molar-refractivity contribution is 7.10. The van der Waals surface area contributed by atoms with Crippen LogP contribution in [0.15, 0.2) is 17.5 Å². The summed E-state index contributed by atoms with van der Waals surface area (Å²) in [5, 5.41) is 5.05. The van der Waals surface area contributed by atoms with Crippen LogP contribution in [0.25, 0.3) is 0 Å². The molecule has 0 bridgehead atoms. The zero-order chi connectivity index (χ0) is 16.2. The number of hydrogen-bond acceptors (Lipinski definition) is 4.